The van der Waals surface area contributed by atoms with Gasteiger partial charge in [-0.3, -0.25) is 10.2 Å². The molecule has 35 heavy (non-hydrogen) atoms. The molecule has 0 fully saturated rings. The van der Waals surface area contributed by atoms with Gasteiger partial charge in [-0.05, 0) is 59.8 Å². The smallest absolute Gasteiger partial charge is 0.339 e. The first-order chi connectivity index (χ1) is 16.5. The lowest BCUT2D eigenvalue weighted by atomic mass is 10.1. The van der Waals surface area contributed by atoms with Gasteiger partial charge in [0.15, 0.2) is 5.84 Å². The van der Waals surface area contributed by atoms with Gasteiger partial charge in [-0.15, -0.1) is 5.10 Å². The molecule has 0 spiro atoms. The molecule has 2 aromatic rings. The molecule has 0 unspecified atom stereocenters. The molecule has 0 radical (unpaired) electrons. The van der Waals surface area contributed by atoms with Gasteiger partial charge < -0.3 is 8.92 Å². The highest BCUT2D eigenvalue weighted by Gasteiger charge is 2.39. The number of amides is 1. The Kier molecular flexibility index (Phi) is 6.53. The second-order valence-electron chi connectivity index (χ2n) is 7.07. The van der Waals surface area contributed by atoms with Crippen molar-refractivity contribution in [1.82, 2.24) is 5.01 Å². The Morgan fingerprint density at radius 3 is 2.26 bits per heavy atom. The molecule has 1 N–H and O–H groups in total. The average molecular weight is 535 g/mol. The first-order valence-corrected chi connectivity index (χ1v) is 13.8. The molecule has 4 rings (SSSR count). The number of nitrogens with one attached hydrogen (secondary N) is 1. The summed E-state index contributed by atoms with van der Waals surface area (Å²) in [7, 11) is -6.23. The van der Waals surface area contributed by atoms with Crippen molar-refractivity contribution >= 4 is 59.1 Å². The number of thioether (sulfide) groups is 1. The lowest BCUT2D eigenvalue weighted by Crippen LogP contribution is -2.35. The largest absolute Gasteiger partial charge is 0.497 e. The van der Waals surface area contributed by atoms with Crippen LogP contribution in [0.1, 0.15) is 12.5 Å². The third kappa shape index (κ3) is 4.99. The van der Waals surface area contributed by atoms with E-state index >= 15 is 0 Å². The van der Waals surface area contributed by atoms with Crippen LogP contribution in [0, 0.1) is 5.41 Å². The van der Waals surface area contributed by atoms with Crippen molar-refractivity contribution in [3.63, 3.8) is 0 Å². The summed E-state index contributed by atoms with van der Waals surface area (Å²) < 4.78 is 59.1. The molecular weight excluding hydrogens is 516 g/mol. The third-order valence-electron chi connectivity index (χ3n) is 4.83. The summed E-state index contributed by atoms with van der Waals surface area (Å²) >= 11 is 0.718. The van der Waals surface area contributed by atoms with Crippen molar-refractivity contribution in [2.24, 2.45) is 10.1 Å². The molecule has 0 aliphatic carbocycles. The SMILES string of the molecule is CCS(=O)(=O)C1=NN2C(=N)/C(=C/c3ccc(OS(=O)(=O)c4ccc(OC)cc4)cc3)C(=O)N=C2S1. The Hall–Kier alpha value is -3.49. The highest BCUT2D eigenvalue weighted by molar-refractivity contribution is 8.42. The number of carbonyl (C=O) groups excluding carboxylic acids is 1. The van der Waals surface area contributed by atoms with Crippen molar-refractivity contribution < 1.29 is 30.6 Å². The molecule has 2 aliphatic rings. The van der Waals surface area contributed by atoms with Crippen LogP contribution in [-0.4, -0.2) is 56.0 Å². The number of benzene rings is 2. The zero-order chi connectivity index (χ0) is 25.4. The van der Waals surface area contributed by atoms with Crippen LogP contribution in [0.15, 0.2) is 69.1 Å². The zero-order valence-electron chi connectivity index (χ0n) is 18.3. The number of hydrogen-bond donors (Lipinski definition) is 1. The van der Waals surface area contributed by atoms with E-state index in [9.17, 15) is 21.6 Å². The monoisotopic (exact) mass is 534 g/mol. The molecule has 2 heterocycles. The minimum atomic E-state index is -4.08. The van der Waals surface area contributed by atoms with Crippen molar-refractivity contribution in [3.05, 3.63) is 59.7 Å². The van der Waals surface area contributed by atoms with Crippen LogP contribution in [-0.2, 0) is 24.7 Å². The van der Waals surface area contributed by atoms with E-state index in [1.165, 1.54) is 68.6 Å². The van der Waals surface area contributed by atoms with Gasteiger partial charge in [-0.2, -0.15) is 18.4 Å². The van der Waals surface area contributed by atoms with Crippen LogP contribution in [0.3, 0.4) is 0 Å². The molecule has 0 saturated carbocycles. The highest BCUT2D eigenvalue weighted by atomic mass is 32.3. The molecule has 2 aliphatic heterocycles. The van der Waals surface area contributed by atoms with Gasteiger partial charge in [-0.1, -0.05) is 19.1 Å². The van der Waals surface area contributed by atoms with E-state index in [4.69, 9.17) is 14.3 Å². The molecule has 1 amide bonds. The Labute approximate surface area is 205 Å². The number of amidine groups is 2. The fourth-order valence-electron chi connectivity index (χ4n) is 2.93. The first-order valence-electron chi connectivity index (χ1n) is 9.95. The number of aliphatic imine (C=N–C) groups is 1. The van der Waals surface area contributed by atoms with Crippen LogP contribution in [0.2, 0.25) is 0 Å². The second-order valence-corrected chi connectivity index (χ2v) is 12.0. The molecule has 0 bridgehead atoms. The molecular formula is C21H18N4O7S3. The van der Waals surface area contributed by atoms with E-state index in [-0.39, 0.29) is 37.3 Å². The number of nitrogens with zero attached hydrogens (tertiary/aromatic N) is 3. The van der Waals surface area contributed by atoms with E-state index in [1.54, 1.807) is 0 Å². The number of hydrogen-bond acceptors (Lipinski definition) is 10. The number of fused-ring (bicyclic) bond motifs is 1. The average Bonchev–Trinajstić information content (AvgIpc) is 3.28. The van der Waals surface area contributed by atoms with Gasteiger partial charge in [0.25, 0.3) is 5.91 Å². The Bertz CT molecular complexity index is 1510. The van der Waals surface area contributed by atoms with Gasteiger partial charge in [0, 0.05) is 0 Å². The van der Waals surface area contributed by atoms with E-state index in [2.05, 4.69) is 10.1 Å². The summed E-state index contributed by atoms with van der Waals surface area (Å²) in [4.78, 5) is 16.3. The van der Waals surface area contributed by atoms with E-state index in [1.807, 2.05) is 0 Å². The van der Waals surface area contributed by atoms with Crippen LogP contribution < -0.4 is 8.92 Å². The predicted molar refractivity (Wildman–Crippen MR) is 132 cm³/mol. The molecule has 11 nitrogen and oxygen atoms in total. The number of rotatable bonds is 6. The number of methoxy groups -OCH3 is 1. The van der Waals surface area contributed by atoms with Crippen molar-refractivity contribution in [3.8, 4) is 11.5 Å². The van der Waals surface area contributed by atoms with Crippen molar-refractivity contribution in [2.75, 3.05) is 12.9 Å². The number of sulfone groups is 1. The van der Waals surface area contributed by atoms with Crippen LogP contribution in [0.25, 0.3) is 6.08 Å². The Morgan fingerprint density at radius 2 is 1.66 bits per heavy atom. The highest BCUT2D eigenvalue weighted by Crippen LogP contribution is 2.30. The first kappa shape index (κ1) is 24.6. The van der Waals surface area contributed by atoms with Gasteiger partial charge in [-0.25, -0.2) is 8.42 Å². The summed E-state index contributed by atoms with van der Waals surface area (Å²) in [6.45, 7) is 1.47. The summed E-state index contributed by atoms with van der Waals surface area (Å²) in [5.74, 6) is -0.671. The topological polar surface area (TPSA) is 156 Å². The molecule has 0 aromatic heterocycles. The maximum atomic E-state index is 12.5. The van der Waals surface area contributed by atoms with E-state index in [0.717, 1.165) is 16.8 Å². The molecule has 14 heteroatoms. The maximum Gasteiger partial charge on any atom is 0.339 e. The minimum Gasteiger partial charge on any atom is -0.497 e. The molecule has 2 aromatic carbocycles. The zero-order valence-corrected chi connectivity index (χ0v) is 20.8. The summed E-state index contributed by atoms with van der Waals surface area (Å²) in [6, 6.07) is 11.5. The third-order valence-corrected chi connectivity index (χ3v) is 9.18. The summed E-state index contributed by atoms with van der Waals surface area (Å²) in [5, 5.41) is 13.2. The maximum absolute atomic E-state index is 12.5. The van der Waals surface area contributed by atoms with Gasteiger partial charge >= 0.3 is 10.1 Å². The molecule has 0 atom stereocenters. The standard InChI is InChI=1S/C21H18N4O7S3/c1-3-34(27,28)21-24-25-18(22)17(19(26)23-20(25)33-21)12-13-4-6-15(7-5-13)32-35(29,30)16-10-8-14(31-2)9-11-16/h4-12,22H,3H2,1-2H3/b17-12-,22-18?. The normalized spacial score (nSPS) is 17.2. The fraction of sp³-hybridized carbons (Fsp3) is 0.143. The summed E-state index contributed by atoms with van der Waals surface area (Å²) in [6.07, 6.45) is 1.37. The van der Waals surface area contributed by atoms with Crippen LogP contribution in [0.5, 0.6) is 11.5 Å². The van der Waals surface area contributed by atoms with Crippen LogP contribution in [0.4, 0.5) is 0 Å². The van der Waals surface area contributed by atoms with Gasteiger partial charge in [0.2, 0.25) is 19.4 Å². The fourth-order valence-corrected chi connectivity index (χ4v) is 6.02. The van der Waals surface area contributed by atoms with E-state index in [0.29, 0.717) is 11.3 Å². The number of ether oxygens (including phenoxy) is 1. The van der Waals surface area contributed by atoms with Crippen molar-refractivity contribution in [2.45, 2.75) is 11.8 Å². The quantitative estimate of drug-likeness (QED) is 0.434. The van der Waals surface area contributed by atoms with E-state index < -0.39 is 25.9 Å². The molecule has 0 saturated heterocycles. The predicted octanol–water partition coefficient (Wildman–Crippen LogP) is 2.47. The van der Waals surface area contributed by atoms with Crippen LogP contribution >= 0.6 is 11.8 Å². The van der Waals surface area contributed by atoms with Gasteiger partial charge in [0.05, 0.1) is 18.4 Å². The number of carbonyl (C=O) groups is 1. The Balaban J connectivity index is 1.54. The minimum absolute atomic E-state index is 0.00309. The Morgan fingerprint density at radius 1 is 1.03 bits per heavy atom. The lowest BCUT2D eigenvalue weighted by molar-refractivity contribution is -0.114. The lowest BCUT2D eigenvalue weighted by Gasteiger charge is -2.20. The molecule has 182 valence electrons. The summed E-state index contributed by atoms with van der Waals surface area (Å²) in [5.41, 5.74) is 0.357. The van der Waals surface area contributed by atoms with Crippen molar-refractivity contribution in [1.29, 1.82) is 5.41 Å². The second kappa shape index (κ2) is 9.28. The number of hydrazone groups is 1. The van der Waals surface area contributed by atoms with Gasteiger partial charge in [0.1, 0.15) is 16.4 Å².